The molecule has 1 aromatic heterocycles. The van der Waals surface area contributed by atoms with Gasteiger partial charge in [0.25, 0.3) is 0 Å². The van der Waals surface area contributed by atoms with E-state index in [0.29, 0.717) is 5.57 Å². The summed E-state index contributed by atoms with van der Waals surface area (Å²) in [6.07, 6.45) is 3.01. The van der Waals surface area contributed by atoms with Crippen LogP contribution in [0.25, 0.3) is 5.57 Å². The Labute approximate surface area is 70.1 Å². The first-order valence-corrected chi connectivity index (χ1v) is 3.33. The molecule has 0 spiro atoms. The molecule has 0 fully saturated rings. The van der Waals surface area contributed by atoms with Crippen molar-refractivity contribution in [2.75, 3.05) is 0 Å². The third-order valence-electron chi connectivity index (χ3n) is 1.55. The summed E-state index contributed by atoms with van der Waals surface area (Å²) in [5.74, 6) is 0. The van der Waals surface area contributed by atoms with E-state index in [9.17, 15) is 0 Å². The zero-order valence-corrected chi connectivity index (χ0v) is 6.53. The molecule has 0 radical (unpaired) electrons. The van der Waals surface area contributed by atoms with Gasteiger partial charge in [0.15, 0.2) is 0 Å². The normalized spacial score (nSPS) is 8.25. The molecule has 3 nitrogen and oxygen atoms in total. The molecule has 1 heterocycles. The number of hydrogen-bond acceptors (Lipinski definition) is 3. The maximum absolute atomic E-state index is 8.53. The van der Waals surface area contributed by atoms with Crippen molar-refractivity contribution in [2.24, 2.45) is 0 Å². The van der Waals surface area contributed by atoms with Gasteiger partial charge in [-0.2, -0.15) is 10.5 Å². The average Bonchev–Trinajstić information content (AvgIpc) is 2.58. The molecule has 12 heavy (non-hydrogen) atoms. The summed E-state index contributed by atoms with van der Waals surface area (Å²) < 4.78 is 4.82. The Morgan fingerprint density at radius 1 is 1.42 bits per heavy atom. The van der Waals surface area contributed by atoms with Crippen molar-refractivity contribution in [3.8, 4) is 12.1 Å². The highest BCUT2D eigenvalue weighted by Gasteiger charge is 2.03. The predicted octanol–water partition coefficient (Wildman–Crippen LogP) is 2.10. The standard InChI is InChI=1S/C9H6N2O/c1-7(9(4-10)5-11)8-2-3-12-6-8/h2-3,6H,1H3. The molecule has 0 saturated carbocycles. The molecule has 1 aromatic rings. The van der Waals surface area contributed by atoms with Crippen LogP contribution < -0.4 is 0 Å². The van der Waals surface area contributed by atoms with Crippen LogP contribution in [0.15, 0.2) is 28.6 Å². The van der Waals surface area contributed by atoms with E-state index in [1.807, 2.05) is 12.1 Å². The summed E-state index contributed by atoms with van der Waals surface area (Å²) in [5.41, 5.74) is 1.54. The molecule has 0 atom stereocenters. The molecule has 3 heteroatoms. The van der Waals surface area contributed by atoms with E-state index in [-0.39, 0.29) is 5.57 Å². The topological polar surface area (TPSA) is 60.7 Å². The summed E-state index contributed by atoms with van der Waals surface area (Å²) in [6.45, 7) is 1.71. The molecule has 0 unspecified atom stereocenters. The average molecular weight is 158 g/mol. The molecule has 0 bridgehead atoms. The van der Waals surface area contributed by atoms with Gasteiger partial charge >= 0.3 is 0 Å². The molecule has 0 N–H and O–H groups in total. The van der Waals surface area contributed by atoms with Gasteiger partial charge in [0, 0.05) is 5.56 Å². The van der Waals surface area contributed by atoms with Crippen molar-refractivity contribution in [1.29, 1.82) is 10.5 Å². The number of nitrogens with zero attached hydrogens (tertiary/aromatic N) is 2. The van der Waals surface area contributed by atoms with Crippen LogP contribution in [-0.2, 0) is 0 Å². The van der Waals surface area contributed by atoms with E-state index in [4.69, 9.17) is 14.9 Å². The molecule has 0 aliphatic carbocycles. The van der Waals surface area contributed by atoms with Gasteiger partial charge in [0.05, 0.1) is 12.5 Å². The van der Waals surface area contributed by atoms with Crippen LogP contribution in [0.2, 0.25) is 0 Å². The van der Waals surface area contributed by atoms with Crippen LogP contribution in [0.5, 0.6) is 0 Å². The largest absolute Gasteiger partial charge is 0.472 e. The molecule has 0 amide bonds. The molecular weight excluding hydrogens is 152 g/mol. The SMILES string of the molecule is CC(=C(C#N)C#N)c1ccoc1. The zero-order chi connectivity index (χ0) is 8.97. The number of nitriles is 2. The zero-order valence-electron chi connectivity index (χ0n) is 6.53. The Morgan fingerprint density at radius 3 is 2.50 bits per heavy atom. The van der Waals surface area contributed by atoms with Gasteiger partial charge in [-0.1, -0.05) is 0 Å². The van der Waals surface area contributed by atoms with E-state index < -0.39 is 0 Å². The Kier molecular flexibility index (Phi) is 2.30. The van der Waals surface area contributed by atoms with Gasteiger partial charge in [-0.25, -0.2) is 0 Å². The summed E-state index contributed by atoms with van der Waals surface area (Å²) in [5, 5.41) is 17.1. The van der Waals surface area contributed by atoms with Crippen molar-refractivity contribution in [3.05, 3.63) is 29.7 Å². The number of hydrogen-bond donors (Lipinski definition) is 0. The first kappa shape index (κ1) is 8.10. The Bertz CT molecular complexity index is 358. The lowest BCUT2D eigenvalue weighted by Crippen LogP contribution is -1.80. The second kappa shape index (κ2) is 3.41. The van der Waals surface area contributed by atoms with Crippen LogP contribution in [0.1, 0.15) is 12.5 Å². The fourth-order valence-corrected chi connectivity index (χ4v) is 0.815. The van der Waals surface area contributed by atoms with E-state index in [2.05, 4.69) is 0 Å². The van der Waals surface area contributed by atoms with Crippen LogP contribution in [0.3, 0.4) is 0 Å². The second-order valence-corrected chi connectivity index (χ2v) is 2.24. The minimum absolute atomic E-state index is 0.122. The Morgan fingerprint density at radius 2 is 2.08 bits per heavy atom. The van der Waals surface area contributed by atoms with Crippen LogP contribution in [0.4, 0.5) is 0 Å². The van der Waals surface area contributed by atoms with Gasteiger partial charge in [0.2, 0.25) is 0 Å². The molecule has 0 aromatic carbocycles. The van der Waals surface area contributed by atoms with Gasteiger partial charge < -0.3 is 4.42 Å². The lowest BCUT2D eigenvalue weighted by Gasteiger charge is -1.92. The quantitative estimate of drug-likeness (QED) is 0.588. The molecule has 58 valence electrons. The van der Waals surface area contributed by atoms with Gasteiger partial charge in [-0.3, -0.25) is 0 Å². The van der Waals surface area contributed by atoms with Crippen molar-refractivity contribution in [3.63, 3.8) is 0 Å². The fourth-order valence-electron chi connectivity index (χ4n) is 0.815. The smallest absolute Gasteiger partial charge is 0.133 e. The van der Waals surface area contributed by atoms with Gasteiger partial charge in [-0.05, 0) is 18.6 Å². The summed E-state index contributed by atoms with van der Waals surface area (Å²) in [7, 11) is 0. The lowest BCUT2D eigenvalue weighted by atomic mass is 10.1. The predicted molar refractivity (Wildman–Crippen MR) is 42.5 cm³/mol. The van der Waals surface area contributed by atoms with E-state index in [1.54, 1.807) is 13.0 Å². The highest BCUT2D eigenvalue weighted by molar-refractivity contribution is 5.72. The van der Waals surface area contributed by atoms with Gasteiger partial charge in [0.1, 0.15) is 17.7 Å². The third kappa shape index (κ3) is 1.36. The lowest BCUT2D eigenvalue weighted by molar-refractivity contribution is 0.566. The molecule has 0 aliphatic heterocycles. The number of furan rings is 1. The summed E-state index contributed by atoms with van der Waals surface area (Å²) in [6, 6.07) is 5.35. The van der Waals surface area contributed by atoms with Crippen molar-refractivity contribution in [1.82, 2.24) is 0 Å². The van der Waals surface area contributed by atoms with E-state index in [0.717, 1.165) is 5.56 Å². The van der Waals surface area contributed by atoms with Crippen molar-refractivity contribution in [2.45, 2.75) is 6.92 Å². The molecule has 0 saturated heterocycles. The van der Waals surface area contributed by atoms with Gasteiger partial charge in [-0.15, -0.1) is 0 Å². The highest BCUT2D eigenvalue weighted by Crippen LogP contribution is 2.17. The van der Waals surface area contributed by atoms with Crippen molar-refractivity contribution >= 4 is 5.57 Å². The minimum Gasteiger partial charge on any atom is -0.472 e. The summed E-state index contributed by atoms with van der Waals surface area (Å²) >= 11 is 0. The molecule has 0 aliphatic rings. The monoisotopic (exact) mass is 158 g/mol. The van der Waals surface area contributed by atoms with Crippen LogP contribution in [0, 0.1) is 22.7 Å². The number of rotatable bonds is 1. The second-order valence-electron chi connectivity index (χ2n) is 2.24. The third-order valence-corrected chi connectivity index (χ3v) is 1.55. The summed E-state index contributed by atoms with van der Waals surface area (Å²) in [4.78, 5) is 0. The van der Waals surface area contributed by atoms with E-state index >= 15 is 0 Å². The highest BCUT2D eigenvalue weighted by atomic mass is 16.3. The number of allylic oxidation sites excluding steroid dienone is 2. The van der Waals surface area contributed by atoms with Crippen LogP contribution in [-0.4, -0.2) is 0 Å². The molecular formula is C9H6N2O. The minimum atomic E-state index is 0.122. The Hall–Kier alpha value is -2.00. The first-order valence-electron chi connectivity index (χ1n) is 3.33. The maximum Gasteiger partial charge on any atom is 0.133 e. The Balaban J connectivity index is 3.16. The molecule has 1 rings (SSSR count). The van der Waals surface area contributed by atoms with Crippen LogP contribution >= 0.6 is 0 Å². The van der Waals surface area contributed by atoms with E-state index in [1.165, 1.54) is 12.5 Å². The maximum atomic E-state index is 8.53. The first-order chi connectivity index (χ1) is 5.79. The fraction of sp³-hybridized carbons (Fsp3) is 0.111. The van der Waals surface area contributed by atoms with Crippen molar-refractivity contribution < 1.29 is 4.42 Å².